The van der Waals surface area contributed by atoms with Crippen LogP contribution in [0.3, 0.4) is 0 Å². The van der Waals surface area contributed by atoms with E-state index in [1.807, 2.05) is 23.5 Å². The van der Waals surface area contributed by atoms with Crippen molar-refractivity contribution in [1.29, 1.82) is 0 Å². The Morgan fingerprint density at radius 3 is 1.77 bits per heavy atom. The SMILES string of the molecule is c1ccc(-c2nc3ccc4ccc5ccc(-c6ccc(N(c7ccccc7)c7ccc8sc9ccccc9c8c7)c7ccccc67)cc5c4c3nc2-c2ccccc2)cc1. The van der Waals surface area contributed by atoms with Gasteiger partial charge in [-0.1, -0.05) is 158 Å². The summed E-state index contributed by atoms with van der Waals surface area (Å²) in [5.74, 6) is 0. The maximum Gasteiger partial charge on any atom is 0.0979 e. The van der Waals surface area contributed by atoms with E-state index in [1.165, 1.54) is 41.9 Å². The number of aromatic nitrogens is 2. The first-order valence-electron chi connectivity index (χ1n) is 20.3. The lowest BCUT2D eigenvalue weighted by Crippen LogP contribution is -2.10. The highest BCUT2D eigenvalue weighted by Gasteiger charge is 2.20. The molecule has 0 aliphatic rings. The average molecular weight is 782 g/mol. The van der Waals surface area contributed by atoms with Crippen molar-refractivity contribution in [2.45, 2.75) is 0 Å². The third-order valence-electron chi connectivity index (χ3n) is 11.8. The molecule has 0 bridgehead atoms. The normalized spacial score (nSPS) is 11.7. The maximum absolute atomic E-state index is 5.51. The minimum absolute atomic E-state index is 0.878. The van der Waals surface area contributed by atoms with Gasteiger partial charge in [-0.15, -0.1) is 11.3 Å². The van der Waals surface area contributed by atoms with Crippen LogP contribution in [0, 0.1) is 0 Å². The van der Waals surface area contributed by atoms with Gasteiger partial charge in [0.15, 0.2) is 0 Å². The fraction of sp³-hybridized carbons (Fsp3) is 0. The first-order chi connectivity index (χ1) is 29.7. The van der Waals surface area contributed by atoms with Gasteiger partial charge in [0.25, 0.3) is 0 Å². The Hall–Kier alpha value is -7.66. The first-order valence-corrected chi connectivity index (χ1v) is 21.1. The predicted octanol–water partition coefficient (Wildman–Crippen LogP) is 15.9. The molecule has 0 spiro atoms. The highest BCUT2D eigenvalue weighted by Crippen LogP contribution is 2.45. The minimum atomic E-state index is 0.878. The number of fused-ring (bicyclic) bond motifs is 9. The second-order valence-electron chi connectivity index (χ2n) is 15.3. The number of para-hydroxylation sites is 1. The molecule has 0 amide bonds. The van der Waals surface area contributed by atoms with Crippen LogP contribution in [0.25, 0.3) is 97.2 Å². The smallest absolute Gasteiger partial charge is 0.0979 e. The molecule has 0 atom stereocenters. The molecule has 280 valence electrons. The molecule has 2 heterocycles. The van der Waals surface area contributed by atoms with Crippen molar-refractivity contribution in [2.75, 3.05) is 4.90 Å². The number of benzene rings is 10. The predicted molar refractivity (Wildman–Crippen MR) is 256 cm³/mol. The Morgan fingerprint density at radius 2 is 0.983 bits per heavy atom. The molecule has 12 rings (SSSR count). The Labute approximate surface area is 351 Å². The molecule has 60 heavy (non-hydrogen) atoms. The van der Waals surface area contributed by atoms with Gasteiger partial charge in [-0.05, 0) is 87.3 Å². The molecule has 0 saturated heterocycles. The lowest BCUT2D eigenvalue weighted by molar-refractivity contribution is 1.30. The van der Waals surface area contributed by atoms with E-state index in [0.29, 0.717) is 0 Å². The fourth-order valence-electron chi connectivity index (χ4n) is 9.01. The van der Waals surface area contributed by atoms with Crippen molar-refractivity contribution in [3.63, 3.8) is 0 Å². The van der Waals surface area contributed by atoms with Crippen molar-refractivity contribution in [3.8, 4) is 33.6 Å². The van der Waals surface area contributed by atoms with Gasteiger partial charge in [-0.2, -0.15) is 0 Å². The molecule has 12 aromatic rings. The molecular weight excluding hydrogens is 747 g/mol. The average Bonchev–Trinajstić information content (AvgIpc) is 3.70. The van der Waals surface area contributed by atoms with Gasteiger partial charge in [0.2, 0.25) is 0 Å². The summed E-state index contributed by atoms with van der Waals surface area (Å²) in [6.45, 7) is 0. The molecule has 0 unspecified atom stereocenters. The highest BCUT2D eigenvalue weighted by molar-refractivity contribution is 7.25. The molecule has 3 nitrogen and oxygen atoms in total. The van der Waals surface area contributed by atoms with E-state index in [1.54, 1.807) is 0 Å². The number of hydrogen-bond acceptors (Lipinski definition) is 4. The van der Waals surface area contributed by atoms with Crippen LogP contribution in [-0.2, 0) is 0 Å². The summed E-state index contributed by atoms with van der Waals surface area (Å²) in [6, 6.07) is 76.2. The summed E-state index contributed by atoms with van der Waals surface area (Å²) in [7, 11) is 0. The van der Waals surface area contributed by atoms with E-state index in [-0.39, 0.29) is 0 Å². The van der Waals surface area contributed by atoms with Crippen LogP contribution in [0.2, 0.25) is 0 Å². The van der Waals surface area contributed by atoms with E-state index in [0.717, 1.165) is 72.3 Å². The Balaban J connectivity index is 1.06. The standard InChI is InChI=1S/C56H35N3S/c1-4-14-38(15-5-1)54-55(39-16-6-2-7-17-39)58-56-49(57-54)31-28-37-26-24-36-25-27-40(34-47(36)53(37)56)43-30-32-50(45-21-11-10-20-44(43)45)59(41-18-8-3-9-19-41)42-29-33-52-48(35-42)46-22-12-13-23-51(46)60-52/h1-35H. The fourth-order valence-corrected chi connectivity index (χ4v) is 10.1. The van der Waals surface area contributed by atoms with Gasteiger partial charge in [0, 0.05) is 53.4 Å². The summed E-state index contributed by atoms with van der Waals surface area (Å²) in [5.41, 5.74) is 11.4. The molecule has 0 saturated carbocycles. The summed E-state index contributed by atoms with van der Waals surface area (Å²) in [5, 5.41) is 9.54. The second-order valence-corrected chi connectivity index (χ2v) is 16.4. The number of thiophene rings is 1. The molecule has 0 aliphatic carbocycles. The van der Waals surface area contributed by atoms with E-state index in [9.17, 15) is 0 Å². The van der Waals surface area contributed by atoms with Crippen molar-refractivity contribution >= 4 is 91.9 Å². The van der Waals surface area contributed by atoms with E-state index < -0.39 is 0 Å². The first kappa shape index (κ1) is 34.4. The zero-order valence-corrected chi connectivity index (χ0v) is 33.3. The quantitative estimate of drug-likeness (QED) is 0.157. The zero-order chi connectivity index (χ0) is 39.6. The molecule has 2 aromatic heterocycles. The van der Waals surface area contributed by atoms with E-state index in [4.69, 9.17) is 9.97 Å². The minimum Gasteiger partial charge on any atom is -0.310 e. The van der Waals surface area contributed by atoms with Crippen LogP contribution in [0.4, 0.5) is 17.1 Å². The molecule has 0 fully saturated rings. The lowest BCUT2D eigenvalue weighted by Gasteiger charge is -2.27. The zero-order valence-electron chi connectivity index (χ0n) is 32.5. The van der Waals surface area contributed by atoms with Crippen LogP contribution in [-0.4, -0.2) is 9.97 Å². The third-order valence-corrected chi connectivity index (χ3v) is 13.0. The Morgan fingerprint density at radius 1 is 0.367 bits per heavy atom. The van der Waals surface area contributed by atoms with Gasteiger partial charge >= 0.3 is 0 Å². The summed E-state index contributed by atoms with van der Waals surface area (Å²) in [6.07, 6.45) is 0. The van der Waals surface area contributed by atoms with E-state index >= 15 is 0 Å². The van der Waals surface area contributed by atoms with Crippen LogP contribution in [0.5, 0.6) is 0 Å². The lowest BCUT2D eigenvalue weighted by atomic mass is 9.92. The van der Waals surface area contributed by atoms with Gasteiger partial charge in [0.1, 0.15) is 0 Å². The van der Waals surface area contributed by atoms with E-state index in [2.05, 4.69) is 205 Å². The Kier molecular flexibility index (Phi) is 8.03. The molecule has 4 heteroatoms. The van der Waals surface area contributed by atoms with Gasteiger partial charge < -0.3 is 4.90 Å². The van der Waals surface area contributed by atoms with Crippen molar-refractivity contribution in [1.82, 2.24) is 9.97 Å². The second kappa shape index (κ2) is 14.0. The summed E-state index contributed by atoms with van der Waals surface area (Å²) >= 11 is 1.85. The number of hydrogen-bond donors (Lipinski definition) is 0. The number of nitrogens with zero attached hydrogens (tertiary/aromatic N) is 3. The molecule has 0 radical (unpaired) electrons. The monoisotopic (exact) mass is 781 g/mol. The molecular formula is C56H35N3S. The maximum atomic E-state index is 5.51. The van der Waals surface area contributed by atoms with Crippen molar-refractivity contribution in [2.24, 2.45) is 0 Å². The summed E-state index contributed by atoms with van der Waals surface area (Å²) in [4.78, 5) is 13.3. The van der Waals surface area contributed by atoms with Crippen LogP contribution < -0.4 is 4.90 Å². The molecule has 10 aromatic carbocycles. The largest absolute Gasteiger partial charge is 0.310 e. The topological polar surface area (TPSA) is 29.0 Å². The highest BCUT2D eigenvalue weighted by atomic mass is 32.1. The number of rotatable bonds is 6. The molecule has 0 N–H and O–H groups in total. The van der Waals surface area contributed by atoms with Crippen molar-refractivity contribution < 1.29 is 0 Å². The van der Waals surface area contributed by atoms with Gasteiger partial charge in [-0.25, -0.2) is 9.97 Å². The van der Waals surface area contributed by atoms with Crippen LogP contribution >= 0.6 is 11.3 Å². The van der Waals surface area contributed by atoms with Crippen molar-refractivity contribution in [3.05, 3.63) is 212 Å². The Bertz CT molecular complexity index is 3600. The summed E-state index contributed by atoms with van der Waals surface area (Å²) < 4.78 is 2.60. The van der Waals surface area contributed by atoms with Gasteiger partial charge in [0.05, 0.1) is 28.1 Å². The van der Waals surface area contributed by atoms with Crippen LogP contribution in [0.1, 0.15) is 0 Å². The number of anilines is 3. The molecule has 0 aliphatic heterocycles. The van der Waals surface area contributed by atoms with Gasteiger partial charge in [-0.3, -0.25) is 0 Å². The van der Waals surface area contributed by atoms with Crippen LogP contribution in [0.15, 0.2) is 212 Å². The third kappa shape index (κ3) is 5.65.